The molecule has 1 rings (SSSR count). The van der Waals surface area contributed by atoms with Crippen molar-refractivity contribution in [2.45, 2.75) is 31.8 Å². The molecule has 1 unspecified atom stereocenters. The molecule has 0 aromatic heterocycles. The summed E-state index contributed by atoms with van der Waals surface area (Å²) in [5.41, 5.74) is 1.29. The minimum Gasteiger partial charge on any atom is -0.488 e. The van der Waals surface area contributed by atoms with Crippen LogP contribution in [0, 0.1) is 13.8 Å². The van der Waals surface area contributed by atoms with Crippen LogP contribution >= 0.6 is 10.7 Å². The molecule has 0 spiro atoms. The zero-order valence-electron chi connectivity index (χ0n) is 10.9. The van der Waals surface area contributed by atoms with Crippen LogP contribution < -0.4 is 4.74 Å². The highest BCUT2D eigenvalue weighted by Crippen LogP contribution is 2.28. The summed E-state index contributed by atoms with van der Waals surface area (Å²) in [6.07, 6.45) is -0.105. The smallest absolute Gasteiger partial charge is 0.261 e. The van der Waals surface area contributed by atoms with E-state index >= 15 is 0 Å². The topological polar surface area (TPSA) is 52.6 Å². The van der Waals surface area contributed by atoms with Crippen LogP contribution in [0.1, 0.15) is 18.1 Å². The second-order valence-corrected chi connectivity index (χ2v) is 6.74. The van der Waals surface area contributed by atoms with Gasteiger partial charge in [-0.15, -0.1) is 0 Å². The monoisotopic (exact) mass is 292 g/mol. The lowest BCUT2D eigenvalue weighted by atomic mass is 10.1. The lowest BCUT2D eigenvalue weighted by molar-refractivity contribution is 0.0915. The van der Waals surface area contributed by atoms with Gasteiger partial charge in [-0.25, -0.2) is 8.42 Å². The Hall–Kier alpha value is -0.780. The van der Waals surface area contributed by atoms with Crippen molar-refractivity contribution in [3.8, 4) is 5.75 Å². The Bertz CT molecular complexity index is 525. The molecular formula is C12H17ClO4S. The van der Waals surface area contributed by atoms with Crippen molar-refractivity contribution in [1.82, 2.24) is 0 Å². The van der Waals surface area contributed by atoms with E-state index in [4.69, 9.17) is 20.2 Å². The van der Waals surface area contributed by atoms with Crippen molar-refractivity contribution < 1.29 is 17.9 Å². The van der Waals surface area contributed by atoms with Crippen molar-refractivity contribution in [2.24, 2.45) is 0 Å². The van der Waals surface area contributed by atoms with Gasteiger partial charge in [-0.1, -0.05) is 0 Å². The van der Waals surface area contributed by atoms with Crippen molar-refractivity contribution in [1.29, 1.82) is 0 Å². The third-order valence-corrected chi connectivity index (χ3v) is 3.93. The number of methoxy groups -OCH3 is 1. The van der Waals surface area contributed by atoms with Crippen LogP contribution in [0.2, 0.25) is 0 Å². The fourth-order valence-corrected chi connectivity index (χ4v) is 2.90. The minimum atomic E-state index is -3.72. The van der Waals surface area contributed by atoms with Crippen LogP contribution in [0.3, 0.4) is 0 Å². The number of ether oxygens (including phenoxy) is 2. The Morgan fingerprint density at radius 2 is 1.89 bits per heavy atom. The molecule has 1 aromatic carbocycles. The minimum absolute atomic E-state index is 0.105. The first-order chi connectivity index (χ1) is 8.25. The molecule has 0 N–H and O–H groups in total. The molecule has 0 heterocycles. The van der Waals surface area contributed by atoms with Crippen LogP contribution in [0.4, 0.5) is 0 Å². The quantitative estimate of drug-likeness (QED) is 0.783. The summed E-state index contributed by atoms with van der Waals surface area (Å²) >= 11 is 0. The second-order valence-electron chi connectivity index (χ2n) is 4.20. The van der Waals surface area contributed by atoms with E-state index < -0.39 is 9.05 Å². The first kappa shape index (κ1) is 15.3. The zero-order valence-corrected chi connectivity index (χ0v) is 12.4. The largest absolute Gasteiger partial charge is 0.488 e. The number of benzene rings is 1. The summed E-state index contributed by atoms with van der Waals surface area (Å²) in [6, 6.07) is 3.20. The molecule has 4 nitrogen and oxygen atoms in total. The highest BCUT2D eigenvalue weighted by atomic mass is 35.7. The van der Waals surface area contributed by atoms with Gasteiger partial charge in [0.2, 0.25) is 0 Å². The van der Waals surface area contributed by atoms with Crippen LogP contribution in [0.25, 0.3) is 0 Å². The molecule has 0 aliphatic heterocycles. The Morgan fingerprint density at radius 1 is 1.28 bits per heavy atom. The maximum atomic E-state index is 11.3. The molecular weight excluding hydrogens is 276 g/mol. The predicted octanol–water partition coefficient (Wildman–Crippen LogP) is 2.64. The van der Waals surface area contributed by atoms with Gasteiger partial charge in [-0.05, 0) is 44.0 Å². The number of hydrogen-bond acceptors (Lipinski definition) is 4. The van der Waals surface area contributed by atoms with E-state index in [1.807, 2.05) is 6.92 Å². The summed E-state index contributed by atoms with van der Waals surface area (Å²) in [5.74, 6) is 0.640. The van der Waals surface area contributed by atoms with Gasteiger partial charge < -0.3 is 9.47 Å². The number of halogens is 1. The molecule has 1 atom stereocenters. The van der Waals surface area contributed by atoms with Gasteiger partial charge in [0.15, 0.2) is 0 Å². The summed E-state index contributed by atoms with van der Waals surface area (Å²) in [7, 11) is 3.23. The van der Waals surface area contributed by atoms with Gasteiger partial charge in [0.25, 0.3) is 9.05 Å². The number of hydrogen-bond donors (Lipinski definition) is 0. The van der Waals surface area contributed by atoms with Crippen molar-refractivity contribution in [3.63, 3.8) is 0 Å². The predicted molar refractivity (Wildman–Crippen MR) is 70.9 cm³/mol. The first-order valence-electron chi connectivity index (χ1n) is 5.47. The highest BCUT2D eigenvalue weighted by molar-refractivity contribution is 8.13. The Kier molecular flexibility index (Phi) is 5.01. The maximum Gasteiger partial charge on any atom is 0.261 e. The van der Waals surface area contributed by atoms with Gasteiger partial charge in [0.1, 0.15) is 11.9 Å². The first-order valence-corrected chi connectivity index (χ1v) is 7.78. The highest BCUT2D eigenvalue weighted by Gasteiger charge is 2.16. The normalized spacial score (nSPS) is 13.4. The third kappa shape index (κ3) is 3.86. The third-order valence-electron chi connectivity index (χ3n) is 2.46. The van der Waals surface area contributed by atoms with E-state index in [0.29, 0.717) is 17.9 Å². The molecule has 18 heavy (non-hydrogen) atoms. The molecule has 0 bridgehead atoms. The second kappa shape index (κ2) is 5.91. The van der Waals surface area contributed by atoms with E-state index in [-0.39, 0.29) is 11.0 Å². The fourth-order valence-electron chi connectivity index (χ4n) is 1.64. The average Bonchev–Trinajstić information content (AvgIpc) is 2.21. The van der Waals surface area contributed by atoms with Crippen LogP contribution in [0.5, 0.6) is 5.75 Å². The van der Waals surface area contributed by atoms with Gasteiger partial charge in [0, 0.05) is 17.8 Å². The summed E-state index contributed by atoms with van der Waals surface area (Å²) < 4.78 is 33.3. The molecule has 0 aliphatic rings. The zero-order chi connectivity index (χ0) is 13.9. The summed E-state index contributed by atoms with van der Waals surface area (Å²) in [6.45, 7) is 5.81. The van der Waals surface area contributed by atoms with Crippen molar-refractivity contribution in [2.75, 3.05) is 13.7 Å². The van der Waals surface area contributed by atoms with Gasteiger partial charge >= 0.3 is 0 Å². The molecule has 1 aromatic rings. The van der Waals surface area contributed by atoms with Crippen molar-refractivity contribution >= 4 is 19.7 Å². The van der Waals surface area contributed by atoms with Gasteiger partial charge in [-0.3, -0.25) is 0 Å². The lowest BCUT2D eigenvalue weighted by Gasteiger charge is -2.17. The van der Waals surface area contributed by atoms with E-state index in [2.05, 4.69) is 0 Å². The van der Waals surface area contributed by atoms with E-state index in [0.717, 1.165) is 5.56 Å². The van der Waals surface area contributed by atoms with E-state index in [9.17, 15) is 8.42 Å². The summed E-state index contributed by atoms with van der Waals surface area (Å²) in [5, 5.41) is 0. The van der Waals surface area contributed by atoms with Crippen LogP contribution in [-0.2, 0) is 13.8 Å². The molecule has 0 amide bonds. The van der Waals surface area contributed by atoms with Gasteiger partial charge in [-0.2, -0.15) is 0 Å². The van der Waals surface area contributed by atoms with Crippen LogP contribution in [0.15, 0.2) is 17.0 Å². The average molecular weight is 293 g/mol. The number of aryl methyl sites for hydroxylation is 2. The van der Waals surface area contributed by atoms with Gasteiger partial charge in [0.05, 0.1) is 11.5 Å². The van der Waals surface area contributed by atoms with E-state index in [1.165, 1.54) is 6.07 Å². The number of rotatable bonds is 5. The lowest BCUT2D eigenvalue weighted by Crippen LogP contribution is -2.18. The molecule has 0 aliphatic carbocycles. The molecule has 102 valence electrons. The molecule has 6 heteroatoms. The standard InChI is InChI=1S/C12H17ClO4S/c1-8-6-12(18(13,14)15)9(2)5-11(8)17-10(3)7-16-4/h5-6,10H,7H2,1-4H3. The Labute approximate surface area is 112 Å². The Morgan fingerprint density at radius 3 is 2.39 bits per heavy atom. The molecule has 0 fully saturated rings. The van der Waals surface area contributed by atoms with Crippen LogP contribution in [-0.4, -0.2) is 28.2 Å². The molecule has 0 saturated carbocycles. The summed E-state index contributed by atoms with van der Waals surface area (Å²) in [4.78, 5) is 0.119. The molecule has 0 saturated heterocycles. The van der Waals surface area contributed by atoms with Crippen molar-refractivity contribution in [3.05, 3.63) is 23.3 Å². The van der Waals surface area contributed by atoms with E-state index in [1.54, 1.807) is 27.0 Å². The molecule has 0 radical (unpaired) electrons. The maximum absolute atomic E-state index is 11.3. The fraction of sp³-hybridized carbons (Fsp3) is 0.500. The Balaban J connectivity index is 3.08. The SMILES string of the molecule is COCC(C)Oc1cc(C)c(S(=O)(=O)Cl)cc1C.